The quantitative estimate of drug-likeness (QED) is 0.0475. The Bertz CT molecular complexity index is 4360. The largest absolute Gasteiger partial charge is 0.395 e. The minimum Gasteiger partial charge on any atom is -0.395 e. The summed E-state index contributed by atoms with van der Waals surface area (Å²) >= 11 is 0. The molecule has 0 bridgehead atoms. The molecule has 798 valence electrons. The Morgan fingerprint density at radius 2 is 0.475 bits per heavy atom. The molecule has 11 fully saturated rings. The lowest BCUT2D eigenvalue weighted by Gasteiger charge is -2.36. The van der Waals surface area contributed by atoms with E-state index in [1.165, 1.54) is 58.8 Å². The number of likely N-dealkylation sites (N-methyl/N-ethyl adjacent to an activating group) is 5. The van der Waals surface area contributed by atoms with Crippen molar-refractivity contribution in [3.05, 3.63) is 0 Å². The van der Waals surface area contributed by atoms with Gasteiger partial charge in [-0.1, -0.05) is 41.5 Å². The molecule has 11 aliphatic rings. The molecular weight excluding hydrogens is 1850 g/mol. The van der Waals surface area contributed by atoms with Crippen LogP contribution >= 0.6 is 0 Å². The second-order valence-electron chi connectivity index (χ2n) is 37.0. The van der Waals surface area contributed by atoms with E-state index in [1.807, 2.05) is 69.2 Å². The molecule has 141 heavy (non-hydrogen) atoms. The van der Waals surface area contributed by atoms with Gasteiger partial charge in [-0.3, -0.25) is 141 Å². The average Bonchev–Trinajstić information content (AvgIpc) is 1.58. The van der Waals surface area contributed by atoms with E-state index >= 15 is 0 Å². The van der Waals surface area contributed by atoms with Crippen LogP contribution in [0.5, 0.6) is 0 Å². The van der Waals surface area contributed by atoms with Crippen molar-refractivity contribution in [3.63, 3.8) is 0 Å². The Morgan fingerprint density at radius 1 is 0.220 bits per heavy atom. The number of hydrogen-bond acceptors (Lipinski definition) is 29. The molecule has 11 rings (SSSR count). The Morgan fingerprint density at radius 3 is 0.752 bits per heavy atom. The summed E-state index contributed by atoms with van der Waals surface area (Å²) in [6, 6.07) is -6.49. The highest BCUT2D eigenvalue weighted by Crippen LogP contribution is 2.36. The maximum Gasteiger partial charge on any atom is 0.329 e. The van der Waals surface area contributed by atoms with Crippen molar-refractivity contribution in [2.75, 3.05) is 165 Å². The van der Waals surface area contributed by atoms with E-state index in [0.29, 0.717) is 84.8 Å². The summed E-state index contributed by atoms with van der Waals surface area (Å²) in [4.78, 5) is 288. The molecule has 4 unspecified atom stereocenters. The molecule has 0 aliphatic carbocycles. The highest BCUT2D eigenvalue weighted by Gasteiger charge is 2.59. The molecule has 4 atom stereocenters. The number of urea groups is 11. The molecule has 0 spiro atoms. The van der Waals surface area contributed by atoms with Crippen LogP contribution in [0, 0.1) is 0 Å². The maximum atomic E-state index is 12.7. The van der Waals surface area contributed by atoms with Crippen molar-refractivity contribution in [1.29, 1.82) is 0 Å². The van der Waals surface area contributed by atoms with Crippen LogP contribution in [0.15, 0.2) is 0 Å². The number of carbonyl (C=O) groups is 22. The first kappa shape index (κ1) is 123. The number of amides is 33. The summed E-state index contributed by atoms with van der Waals surface area (Å²) in [6.07, 6.45) is 4.49. The van der Waals surface area contributed by atoms with Crippen LogP contribution in [0.1, 0.15) is 225 Å². The van der Waals surface area contributed by atoms with Crippen molar-refractivity contribution in [2.45, 2.75) is 283 Å². The van der Waals surface area contributed by atoms with Crippen LogP contribution in [0.2, 0.25) is 0 Å². The Kier molecular flexibility index (Phi) is 45.6. The van der Waals surface area contributed by atoms with E-state index in [1.54, 1.807) is 128 Å². The SMILES string of the molecule is CCCN1C(=O)C(C)N(CCO)C1=O.CCCN1C(=O)C(C)N(CN2C(=O)N(CCO)C(=O)C2C)C1=O.CCCN1C(=O)N(CCC)C(C)(C)C1=O.CCCN1C(=O)N(CCO)C(C)(C)C1=O.CCCN1C(=O)N(CN2C(=O)N(CCO)C(=O)C2(C)C)C(C)(C)C1=O.CCN1C(=O)C(C)N(CO)C1=O.CCN1C(=O)CN(CO)C1=O.CCN1C(=O)N(CC)C(C)(C)C1=O.CCN1C(=O)N(CO)C(C)(C)C1=O. The van der Waals surface area contributed by atoms with Crippen LogP contribution < -0.4 is 0 Å². The van der Waals surface area contributed by atoms with Crippen LogP contribution in [0.3, 0.4) is 0 Å². The molecule has 0 aromatic rings. The molecule has 51 heteroatoms. The Hall–Kier alpha value is -11.9. The van der Waals surface area contributed by atoms with Gasteiger partial charge in [0.05, 0.1) is 39.5 Å². The lowest BCUT2D eigenvalue weighted by molar-refractivity contribution is -0.134. The summed E-state index contributed by atoms with van der Waals surface area (Å²) in [5, 5.41) is 61.9. The maximum absolute atomic E-state index is 12.7. The molecule has 11 saturated heterocycles. The average molecular weight is 2010 g/mol. The van der Waals surface area contributed by atoms with Crippen LogP contribution in [-0.4, -0.2) is 497 Å². The summed E-state index contributed by atoms with van der Waals surface area (Å²) < 4.78 is 0. The van der Waals surface area contributed by atoms with E-state index in [9.17, 15) is 105 Å². The molecular formula is C90H154N22O29. The molecule has 33 amide bonds. The third kappa shape index (κ3) is 25.6. The molecule has 0 radical (unpaired) electrons. The predicted octanol–water partition coefficient (Wildman–Crippen LogP) is 2.30. The molecule has 7 N–H and O–H groups in total. The number of hydrogen-bond donors (Lipinski definition) is 7. The van der Waals surface area contributed by atoms with Crippen LogP contribution in [0.25, 0.3) is 0 Å². The van der Waals surface area contributed by atoms with Crippen molar-refractivity contribution >= 4 is 131 Å². The second kappa shape index (κ2) is 52.2. The van der Waals surface area contributed by atoms with E-state index in [2.05, 4.69) is 0 Å². The molecule has 11 heterocycles. The van der Waals surface area contributed by atoms with Crippen molar-refractivity contribution in [2.24, 2.45) is 0 Å². The van der Waals surface area contributed by atoms with Crippen molar-refractivity contribution in [1.82, 2.24) is 108 Å². The topological polar surface area (TPSA) is 588 Å². The lowest BCUT2D eigenvalue weighted by atomic mass is 10.0. The Labute approximate surface area is 824 Å². The monoisotopic (exact) mass is 2010 g/mol. The fourth-order valence-electron chi connectivity index (χ4n) is 16.8. The first-order valence-electron chi connectivity index (χ1n) is 47.8. The van der Waals surface area contributed by atoms with Crippen LogP contribution in [-0.2, 0) is 52.7 Å². The number of nitrogens with zero attached hydrogens (tertiary/aromatic N) is 22. The highest BCUT2D eigenvalue weighted by atomic mass is 16.3. The number of β-amino-alcohol motifs (C(OH)–C–C–N with tert-alkyl or cyclic N) is 4. The van der Waals surface area contributed by atoms with Gasteiger partial charge in [0.2, 0.25) is 5.91 Å². The number of carbonyl (C=O) groups excluding carboxylic acids is 22. The fraction of sp³-hybridized carbons (Fsp3) is 0.756. The standard InChI is InChI=1S/C16H26N4O5.C14H22N4O5.C11H20N2O2.C10H18N2O3.C9H16N2O3.C9H16N2O2.C8H14N2O3.C7H12N2O3.C6H10N2O3/c1-6-7-17-11(22)15(2,3)19(13(17)24)10-20-14(25)18(8-9-21)12(23)16(20,4)5;1-4-5-15-11(20)9(2)17(13(15)22)8-18-10(3)12(21)16(6-7-19)14(18)23;1-5-7-12-9(14)11(3,4)13(8-6-2)10(12)15;1-4-5-11-8(14)10(2,3)12(6-7-13)9(11)15;1-3-4-11-8(13)7(2)10(5-6-12)9(11)14;1-5-10-7(12)9(3,4)11(6-2)8(10)13;1-4-9-6(12)8(2,3)10(5-11)7(9)13;1-3-8-6(11)5(2)9(4-10)7(8)12;1-2-8-5(10)3-7(4-9)6(8)11/h21H,6-10H2,1-5H3;9-10,19H,4-8H2,1-3H3;5-8H2,1-4H3;13H,4-7H2,1-3H3;7,12H,3-6H2,1-2H3;5-6H2,1-4H3;11H,4-5H2,1-3H3;5,10H,3-4H2,1-2H3;9H,2-4H2,1H3. The molecule has 0 aromatic heterocycles. The number of aliphatic hydroxyl groups excluding tert-OH is 7. The van der Waals surface area contributed by atoms with Gasteiger partial charge in [-0.2, -0.15) is 0 Å². The summed E-state index contributed by atoms with van der Waals surface area (Å²) in [6.45, 7) is 49.9. The third-order valence-corrected chi connectivity index (χ3v) is 25.5. The number of rotatable bonds is 32. The van der Waals surface area contributed by atoms with E-state index in [0.717, 1.165) is 64.9 Å². The summed E-state index contributed by atoms with van der Waals surface area (Å²) in [7, 11) is 0. The van der Waals surface area contributed by atoms with E-state index in [4.69, 9.17) is 35.7 Å². The first-order valence-corrected chi connectivity index (χ1v) is 47.8. The zero-order valence-corrected chi connectivity index (χ0v) is 87.2. The van der Waals surface area contributed by atoms with Gasteiger partial charge in [-0.05, 0) is 184 Å². The molecule has 0 aromatic carbocycles. The normalized spacial score (nSPS) is 22.1. The highest BCUT2D eigenvalue weighted by molar-refractivity contribution is 6.12. The van der Waals surface area contributed by atoms with Gasteiger partial charge in [0.25, 0.3) is 59.1 Å². The second-order valence-corrected chi connectivity index (χ2v) is 37.0. The lowest BCUT2D eigenvalue weighted by Crippen LogP contribution is -2.55. The van der Waals surface area contributed by atoms with Gasteiger partial charge in [0.1, 0.15) is 97.5 Å². The third-order valence-electron chi connectivity index (χ3n) is 25.5. The molecule has 51 nitrogen and oxygen atoms in total. The van der Waals surface area contributed by atoms with Gasteiger partial charge < -0.3 is 55.3 Å². The smallest absolute Gasteiger partial charge is 0.329 e. The summed E-state index contributed by atoms with van der Waals surface area (Å²) in [5.74, 6) is -2.71. The van der Waals surface area contributed by atoms with Crippen LogP contribution in [0.4, 0.5) is 52.7 Å². The van der Waals surface area contributed by atoms with Gasteiger partial charge in [0.15, 0.2) is 0 Å². The fourth-order valence-corrected chi connectivity index (χ4v) is 16.8. The van der Waals surface area contributed by atoms with Gasteiger partial charge in [0, 0.05) is 85.1 Å². The van der Waals surface area contributed by atoms with Gasteiger partial charge >= 0.3 is 66.3 Å². The zero-order valence-electron chi connectivity index (χ0n) is 87.2. The minimum absolute atomic E-state index is 0.00315. The molecule has 0 saturated carbocycles. The Balaban J connectivity index is 0.000000413. The predicted molar refractivity (Wildman–Crippen MR) is 505 cm³/mol. The first-order chi connectivity index (χ1) is 65.7. The van der Waals surface area contributed by atoms with Crippen molar-refractivity contribution in [3.8, 4) is 0 Å². The number of imide groups is 11. The zero-order chi connectivity index (χ0) is 109. The number of aliphatic hydroxyl groups is 7. The van der Waals surface area contributed by atoms with Crippen molar-refractivity contribution < 1.29 is 141 Å². The van der Waals surface area contributed by atoms with Gasteiger partial charge in [-0.25, -0.2) is 52.7 Å². The summed E-state index contributed by atoms with van der Waals surface area (Å²) in [5.41, 5.74) is -5.33. The van der Waals surface area contributed by atoms with E-state index in [-0.39, 0.29) is 157 Å². The van der Waals surface area contributed by atoms with E-state index < -0.39 is 125 Å². The molecule has 11 aliphatic heterocycles. The van der Waals surface area contributed by atoms with Gasteiger partial charge in [-0.15, -0.1) is 0 Å². The minimum atomic E-state index is -1.16.